The fourth-order valence-electron chi connectivity index (χ4n) is 3.34. The fraction of sp³-hybridized carbons (Fsp3) is 0.333. The summed E-state index contributed by atoms with van der Waals surface area (Å²) in [4.78, 5) is 26.4. The number of amides is 1. The van der Waals surface area contributed by atoms with Crippen LogP contribution in [-0.4, -0.2) is 42.1 Å². The van der Waals surface area contributed by atoms with Gasteiger partial charge in [0.25, 0.3) is 5.91 Å². The van der Waals surface area contributed by atoms with Crippen LogP contribution in [0.15, 0.2) is 35.3 Å². The second-order valence-corrected chi connectivity index (χ2v) is 7.53. The van der Waals surface area contributed by atoms with E-state index in [4.69, 9.17) is 5.10 Å². The highest BCUT2D eigenvalue weighted by Gasteiger charge is 2.30. The largest absolute Gasteiger partial charge is 0.343 e. The molecule has 0 fully saturated rings. The number of H-pyrrole nitrogens is 1. The van der Waals surface area contributed by atoms with Gasteiger partial charge in [0.2, 0.25) is 0 Å². The lowest BCUT2D eigenvalue weighted by Gasteiger charge is -2.28. The molecule has 1 amide bonds. The first-order valence-electron chi connectivity index (χ1n) is 8.54. The maximum absolute atomic E-state index is 12.9. The summed E-state index contributed by atoms with van der Waals surface area (Å²) in [6.07, 6.45) is 7.55. The number of rotatable bonds is 3. The van der Waals surface area contributed by atoms with Gasteiger partial charge in [-0.2, -0.15) is 5.10 Å². The number of fused-ring (bicyclic) bond motifs is 1. The molecule has 3 aromatic heterocycles. The quantitative estimate of drug-likeness (QED) is 0.713. The molecule has 0 atom stereocenters. The van der Waals surface area contributed by atoms with Crippen molar-refractivity contribution in [1.82, 2.24) is 29.6 Å². The van der Waals surface area contributed by atoms with Gasteiger partial charge < -0.3 is 9.88 Å². The lowest BCUT2D eigenvalue weighted by molar-refractivity contribution is 0.0732. The zero-order valence-electron chi connectivity index (χ0n) is 14.6. The number of nitrogens with zero attached hydrogens (tertiary/aromatic N) is 5. The number of carbonyl (C=O) groups excluding carboxylic acids is 1. The van der Waals surface area contributed by atoms with Gasteiger partial charge in [0.1, 0.15) is 5.69 Å². The molecule has 0 unspecified atom stereocenters. The first-order valence-corrected chi connectivity index (χ1v) is 9.33. The number of hydrogen-bond donors (Lipinski definition) is 1. The summed E-state index contributed by atoms with van der Waals surface area (Å²) >= 11 is 3.38. The summed E-state index contributed by atoms with van der Waals surface area (Å²) in [5, 5.41) is 4.78. The van der Waals surface area contributed by atoms with Gasteiger partial charge in [-0.1, -0.05) is 0 Å². The molecule has 26 heavy (non-hydrogen) atoms. The van der Waals surface area contributed by atoms with Gasteiger partial charge in [-0.25, -0.2) is 4.98 Å². The standard InChI is InChI=1S/C18H19BrN6O/c1-11(2)25-15-3-6-24(18(26)12-7-13(19)9-20-8-12)10-14(15)16(23-25)17-21-4-5-22-17/h4-5,7-9,11H,3,6,10H2,1-2H3,(H,21,22). The predicted octanol–water partition coefficient (Wildman–Crippen LogP) is 3.21. The third-order valence-corrected chi connectivity index (χ3v) is 4.97. The maximum atomic E-state index is 12.9. The Labute approximate surface area is 159 Å². The van der Waals surface area contributed by atoms with Crippen LogP contribution in [0.3, 0.4) is 0 Å². The lowest BCUT2D eigenvalue weighted by atomic mass is 10.0. The molecular formula is C18H19BrN6O. The van der Waals surface area contributed by atoms with E-state index in [1.54, 1.807) is 30.9 Å². The number of carbonyl (C=O) groups is 1. The van der Waals surface area contributed by atoms with Crippen molar-refractivity contribution in [1.29, 1.82) is 0 Å². The SMILES string of the molecule is CC(C)n1nc(-c2ncc[nH]2)c2c1CCN(C(=O)c1cncc(Br)c1)C2. The average Bonchev–Trinajstić information content (AvgIpc) is 3.28. The Bertz CT molecular complexity index is 947. The number of pyridine rings is 1. The van der Waals surface area contributed by atoms with Gasteiger partial charge in [-0.05, 0) is 35.8 Å². The van der Waals surface area contributed by atoms with Crippen molar-refractivity contribution in [3.63, 3.8) is 0 Å². The first-order chi connectivity index (χ1) is 12.5. The van der Waals surface area contributed by atoms with E-state index in [0.717, 1.165) is 28.0 Å². The number of imidazole rings is 1. The molecule has 1 N–H and O–H groups in total. The van der Waals surface area contributed by atoms with Crippen LogP contribution >= 0.6 is 15.9 Å². The molecule has 0 radical (unpaired) electrons. The van der Waals surface area contributed by atoms with E-state index in [1.807, 2.05) is 4.90 Å². The van der Waals surface area contributed by atoms with Crippen LogP contribution in [-0.2, 0) is 13.0 Å². The van der Waals surface area contributed by atoms with Crippen molar-refractivity contribution >= 4 is 21.8 Å². The van der Waals surface area contributed by atoms with Crippen LogP contribution in [0.25, 0.3) is 11.5 Å². The molecule has 0 spiro atoms. The second-order valence-electron chi connectivity index (χ2n) is 6.62. The normalized spacial score (nSPS) is 13.9. The molecule has 134 valence electrons. The van der Waals surface area contributed by atoms with E-state index < -0.39 is 0 Å². The summed E-state index contributed by atoms with van der Waals surface area (Å²) in [7, 11) is 0. The Kier molecular flexibility index (Phi) is 4.36. The van der Waals surface area contributed by atoms with Crippen molar-refractivity contribution in [3.8, 4) is 11.5 Å². The summed E-state index contributed by atoms with van der Waals surface area (Å²) in [5.41, 5.74) is 3.65. The third kappa shape index (κ3) is 2.94. The highest BCUT2D eigenvalue weighted by molar-refractivity contribution is 9.10. The van der Waals surface area contributed by atoms with Crippen LogP contribution < -0.4 is 0 Å². The van der Waals surface area contributed by atoms with Crippen LogP contribution in [0.5, 0.6) is 0 Å². The smallest absolute Gasteiger partial charge is 0.255 e. The van der Waals surface area contributed by atoms with Crippen molar-refractivity contribution in [2.45, 2.75) is 32.9 Å². The molecule has 0 aromatic carbocycles. The van der Waals surface area contributed by atoms with E-state index in [2.05, 4.69) is 49.4 Å². The Hall–Kier alpha value is -2.48. The number of halogens is 1. The van der Waals surface area contributed by atoms with E-state index in [-0.39, 0.29) is 11.9 Å². The summed E-state index contributed by atoms with van der Waals surface area (Å²) in [6, 6.07) is 2.06. The second kappa shape index (κ2) is 6.68. The van der Waals surface area contributed by atoms with Gasteiger partial charge >= 0.3 is 0 Å². The predicted molar refractivity (Wildman–Crippen MR) is 101 cm³/mol. The highest BCUT2D eigenvalue weighted by Crippen LogP contribution is 2.30. The maximum Gasteiger partial charge on any atom is 0.255 e. The lowest BCUT2D eigenvalue weighted by Crippen LogP contribution is -2.36. The van der Waals surface area contributed by atoms with Gasteiger partial charge in [0.15, 0.2) is 5.82 Å². The molecule has 8 heteroatoms. The molecule has 4 rings (SSSR count). The molecule has 3 aromatic rings. The Morgan fingerprint density at radius 2 is 2.19 bits per heavy atom. The van der Waals surface area contributed by atoms with E-state index in [0.29, 0.717) is 18.7 Å². The molecule has 7 nitrogen and oxygen atoms in total. The Morgan fingerprint density at radius 3 is 2.88 bits per heavy atom. The van der Waals surface area contributed by atoms with E-state index in [1.165, 1.54) is 5.69 Å². The highest BCUT2D eigenvalue weighted by atomic mass is 79.9. The van der Waals surface area contributed by atoms with Crippen LogP contribution in [0.4, 0.5) is 0 Å². The van der Waals surface area contributed by atoms with Crippen molar-refractivity contribution in [2.24, 2.45) is 0 Å². The molecule has 1 aliphatic heterocycles. The van der Waals surface area contributed by atoms with Gasteiger partial charge in [-0.15, -0.1) is 0 Å². The fourth-order valence-corrected chi connectivity index (χ4v) is 3.71. The minimum Gasteiger partial charge on any atom is -0.343 e. The zero-order valence-corrected chi connectivity index (χ0v) is 16.2. The molecule has 0 saturated heterocycles. The minimum absolute atomic E-state index is 0.0212. The number of aromatic nitrogens is 5. The first kappa shape index (κ1) is 17.0. The van der Waals surface area contributed by atoms with Gasteiger partial charge in [0, 0.05) is 59.5 Å². The number of hydrogen-bond acceptors (Lipinski definition) is 4. The van der Waals surface area contributed by atoms with Crippen molar-refractivity contribution in [2.75, 3.05) is 6.54 Å². The summed E-state index contributed by atoms with van der Waals surface area (Å²) in [5.74, 6) is 0.714. The zero-order chi connectivity index (χ0) is 18.3. The van der Waals surface area contributed by atoms with Crippen molar-refractivity contribution < 1.29 is 4.79 Å². The molecule has 1 aliphatic rings. The summed E-state index contributed by atoms with van der Waals surface area (Å²) in [6.45, 7) is 5.41. The monoisotopic (exact) mass is 414 g/mol. The molecule has 0 saturated carbocycles. The van der Waals surface area contributed by atoms with Crippen LogP contribution in [0.2, 0.25) is 0 Å². The summed E-state index contributed by atoms with van der Waals surface area (Å²) < 4.78 is 2.85. The Morgan fingerprint density at radius 1 is 1.35 bits per heavy atom. The third-order valence-electron chi connectivity index (χ3n) is 4.54. The number of aromatic amines is 1. The van der Waals surface area contributed by atoms with Gasteiger partial charge in [0.05, 0.1) is 12.1 Å². The van der Waals surface area contributed by atoms with Crippen molar-refractivity contribution in [3.05, 3.63) is 52.1 Å². The van der Waals surface area contributed by atoms with Crippen LogP contribution in [0, 0.1) is 0 Å². The van der Waals surface area contributed by atoms with E-state index >= 15 is 0 Å². The topological polar surface area (TPSA) is 79.7 Å². The molecule has 4 heterocycles. The van der Waals surface area contributed by atoms with Crippen LogP contribution in [0.1, 0.15) is 41.5 Å². The van der Waals surface area contributed by atoms with E-state index in [9.17, 15) is 4.79 Å². The Balaban J connectivity index is 1.71. The molecular weight excluding hydrogens is 396 g/mol. The minimum atomic E-state index is -0.0212. The average molecular weight is 415 g/mol. The van der Waals surface area contributed by atoms with Gasteiger partial charge in [-0.3, -0.25) is 14.5 Å². The molecule has 0 aliphatic carbocycles. The molecule has 0 bridgehead atoms. The number of nitrogens with one attached hydrogen (secondary N) is 1.